The smallest absolute Gasteiger partial charge is 0.251 e. The molecular weight excluding hydrogens is 396 g/mol. The van der Waals surface area contributed by atoms with Crippen LogP contribution in [0.4, 0.5) is 20.4 Å². The predicted octanol–water partition coefficient (Wildman–Crippen LogP) is 6.26. The summed E-state index contributed by atoms with van der Waals surface area (Å²) in [5, 5.41) is 4.45. The van der Waals surface area contributed by atoms with E-state index in [1.54, 1.807) is 6.26 Å². The van der Waals surface area contributed by atoms with E-state index in [0.717, 1.165) is 16.5 Å². The predicted molar refractivity (Wildman–Crippen MR) is 119 cm³/mol. The molecule has 2 aromatic carbocycles. The summed E-state index contributed by atoms with van der Waals surface area (Å²) < 4.78 is 33.0. The fraction of sp³-hybridized carbons (Fsp3) is 0.240. The van der Waals surface area contributed by atoms with Gasteiger partial charge in [0.15, 0.2) is 11.4 Å². The Morgan fingerprint density at radius 2 is 1.52 bits per heavy atom. The SMILES string of the molecule is FC1(F)CCN(c2nc(NC(c3ccccc3)c3ccccc3)cc3ccoc23)CC1. The number of benzene rings is 2. The molecule has 0 atom stereocenters. The van der Waals surface area contributed by atoms with Crippen LogP contribution >= 0.6 is 0 Å². The van der Waals surface area contributed by atoms with Crippen molar-refractivity contribution in [1.82, 2.24) is 4.98 Å². The van der Waals surface area contributed by atoms with Gasteiger partial charge < -0.3 is 14.6 Å². The number of hydrogen-bond acceptors (Lipinski definition) is 4. The second kappa shape index (κ2) is 8.02. The Hall–Kier alpha value is -3.41. The number of fused-ring (bicyclic) bond motifs is 1. The number of nitrogens with zero attached hydrogens (tertiary/aromatic N) is 2. The largest absolute Gasteiger partial charge is 0.460 e. The second-order valence-corrected chi connectivity index (χ2v) is 7.91. The van der Waals surface area contributed by atoms with Crippen LogP contribution in [0.3, 0.4) is 0 Å². The van der Waals surface area contributed by atoms with Crippen LogP contribution in [-0.2, 0) is 0 Å². The molecular formula is C25H23F2N3O. The van der Waals surface area contributed by atoms with Gasteiger partial charge in [-0.3, -0.25) is 0 Å². The van der Waals surface area contributed by atoms with E-state index in [2.05, 4.69) is 29.6 Å². The number of alkyl halides is 2. The molecule has 5 rings (SSSR count). The number of aromatic nitrogens is 1. The van der Waals surface area contributed by atoms with Crippen molar-refractivity contribution in [3.63, 3.8) is 0 Å². The van der Waals surface area contributed by atoms with E-state index in [0.29, 0.717) is 17.2 Å². The molecule has 4 aromatic rings. The maximum atomic E-state index is 13.7. The first kappa shape index (κ1) is 19.5. The Morgan fingerprint density at radius 1 is 0.903 bits per heavy atom. The molecule has 0 unspecified atom stereocenters. The van der Waals surface area contributed by atoms with E-state index in [4.69, 9.17) is 9.40 Å². The molecule has 1 N–H and O–H groups in total. The normalized spacial score (nSPS) is 16.0. The molecule has 6 heteroatoms. The van der Waals surface area contributed by atoms with Crippen LogP contribution in [0, 0.1) is 0 Å². The van der Waals surface area contributed by atoms with Crippen molar-refractivity contribution in [3.05, 3.63) is 90.2 Å². The van der Waals surface area contributed by atoms with Crippen molar-refractivity contribution in [2.24, 2.45) is 0 Å². The van der Waals surface area contributed by atoms with Crippen molar-refractivity contribution >= 4 is 22.6 Å². The van der Waals surface area contributed by atoms with Gasteiger partial charge in [-0.15, -0.1) is 0 Å². The average molecular weight is 419 g/mol. The zero-order valence-corrected chi connectivity index (χ0v) is 17.0. The van der Waals surface area contributed by atoms with E-state index in [-0.39, 0.29) is 32.0 Å². The Morgan fingerprint density at radius 3 is 2.13 bits per heavy atom. The summed E-state index contributed by atoms with van der Waals surface area (Å²) in [6, 6.07) is 24.1. The summed E-state index contributed by atoms with van der Waals surface area (Å²) in [4.78, 5) is 6.71. The lowest BCUT2D eigenvalue weighted by atomic mass is 9.99. The third-order valence-corrected chi connectivity index (χ3v) is 5.77. The van der Waals surface area contributed by atoms with Gasteiger partial charge in [0, 0.05) is 31.3 Å². The van der Waals surface area contributed by atoms with Crippen LogP contribution in [0.25, 0.3) is 11.0 Å². The maximum absolute atomic E-state index is 13.7. The Labute approximate surface area is 179 Å². The molecule has 3 heterocycles. The van der Waals surface area contributed by atoms with Crippen LogP contribution in [0.2, 0.25) is 0 Å². The second-order valence-electron chi connectivity index (χ2n) is 7.91. The van der Waals surface area contributed by atoms with Gasteiger partial charge in [-0.25, -0.2) is 13.8 Å². The Balaban J connectivity index is 1.52. The number of nitrogens with one attached hydrogen (secondary N) is 1. The molecule has 0 bridgehead atoms. The molecule has 0 aliphatic carbocycles. The summed E-state index contributed by atoms with van der Waals surface area (Å²) in [6.45, 7) is 0.500. The molecule has 0 radical (unpaired) electrons. The zero-order valence-electron chi connectivity index (χ0n) is 17.0. The van der Waals surface area contributed by atoms with Gasteiger partial charge in [-0.1, -0.05) is 60.7 Å². The van der Waals surface area contributed by atoms with E-state index in [9.17, 15) is 8.78 Å². The van der Waals surface area contributed by atoms with Crippen LogP contribution < -0.4 is 10.2 Å². The highest BCUT2D eigenvalue weighted by molar-refractivity contribution is 5.89. The maximum Gasteiger partial charge on any atom is 0.251 e. The first-order valence-electron chi connectivity index (χ1n) is 10.5. The molecule has 158 valence electrons. The van der Waals surface area contributed by atoms with Gasteiger partial charge >= 0.3 is 0 Å². The number of hydrogen-bond donors (Lipinski definition) is 1. The monoisotopic (exact) mass is 419 g/mol. The summed E-state index contributed by atoms with van der Waals surface area (Å²) in [6.07, 6.45) is 1.26. The van der Waals surface area contributed by atoms with Crippen molar-refractivity contribution in [1.29, 1.82) is 0 Å². The average Bonchev–Trinajstić information content (AvgIpc) is 3.27. The number of pyridine rings is 1. The highest BCUT2D eigenvalue weighted by atomic mass is 19.3. The molecule has 1 fully saturated rings. The molecule has 31 heavy (non-hydrogen) atoms. The highest BCUT2D eigenvalue weighted by Crippen LogP contribution is 2.35. The molecule has 1 aliphatic heterocycles. The highest BCUT2D eigenvalue weighted by Gasteiger charge is 2.35. The quantitative estimate of drug-likeness (QED) is 0.414. The number of halogens is 2. The zero-order chi connectivity index (χ0) is 21.3. The third kappa shape index (κ3) is 4.10. The summed E-state index contributed by atoms with van der Waals surface area (Å²) >= 11 is 0. The molecule has 4 nitrogen and oxygen atoms in total. The van der Waals surface area contributed by atoms with Gasteiger partial charge in [0.1, 0.15) is 5.82 Å². The standard InChI is InChI=1S/C25H23F2N3O/c26-25(27)12-14-30(15-13-25)24-23-20(11-16-31-23)17-21(29-24)28-22(18-7-3-1-4-8-18)19-9-5-2-6-10-19/h1-11,16-17,22H,12-15H2,(H,28,29). The fourth-order valence-electron chi connectivity index (χ4n) is 4.09. The third-order valence-electron chi connectivity index (χ3n) is 5.77. The van der Waals surface area contributed by atoms with Gasteiger partial charge in [0.25, 0.3) is 5.92 Å². The summed E-state index contributed by atoms with van der Waals surface area (Å²) in [5.74, 6) is -1.32. The van der Waals surface area contributed by atoms with E-state index < -0.39 is 5.92 Å². The molecule has 0 saturated carbocycles. The van der Waals surface area contributed by atoms with Gasteiger partial charge in [-0.05, 0) is 23.3 Å². The minimum absolute atomic E-state index is 0.0993. The number of anilines is 2. The van der Waals surface area contributed by atoms with Crippen LogP contribution in [-0.4, -0.2) is 24.0 Å². The van der Waals surface area contributed by atoms with Crippen molar-refractivity contribution < 1.29 is 13.2 Å². The summed E-state index contributed by atoms with van der Waals surface area (Å²) in [7, 11) is 0. The topological polar surface area (TPSA) is 41.3 Å². The summed E-state index contributed by atoms with van der Waals surface area (Å²) in [5.41, 5.74) is 2.86. The lowest BCUT2D eigenvalue weighted by Gasteiger charge is -2.32. The van der Waals surface area contributed by atoms with Crippen molar-refractivity contribution in [3.8, 4) is 0 Å². The number of furan rings is 1. The van der Waals surface area contributed by atoms with E-state index in [1.807, 2.05) is 53.4 Å². The van der Waals surface area contributed by atoms with Crippen LogP contribution in [0.15, 0.2) is 83.5 Å². The first-order valence-corrected chi connectivity index (χ1v) is 10.5. The number of rotatable bonds is 5. The molecule has 1 aliphatic rings. The Bertz CT molecular complexity index is 1110. The molecule has 0 amide bonds. The molecule has 1 saturated heterocycles. The van der Waals surface area contributed by atoms with Gasteiger partial charge in [-0.2, -0.15) is 0 Å². The van der Waals surface area contributed by atoms with Gasteiger partial charge in [0.05, 0.1) is 12.3 Å². The molecule has 0 spiro atoms. The minimum atomic E-state index is -2.61. The van der Waals surface area contributed by atoms with Gasteiger partial charge in [0.2, 0.25) is 0 Å². The van der Waals surface area contributed by atoms with Crippen molar-refractivity contribution in [2.75, 3.05) is 23.3 Å². The number of piperidine rings is 1. The first-order chi connectivity index (χ1) is 15.1. The molecule has 2 aromatic heterocycles. The lowest BCUT2D eigenvalue weighted by molar-refractivity contribution is -0.0221. The van der Waals surface area contributed by atoms with Crippen LogP contribution in [0.1, 0.15) is 30.0 Å². The Kier molecular flexibility index (Phi) is 5.06. The van der Waals surface area contributed by atoms with Crippen molar-refractivity contribution in [2.45, 2.75) is 24.8 Å². The van der Waals surface area contributed by atoms with E-state index >= 15 is 0 Å². The lowest BCUT2D eigenvalue weighted by Crippen LogP contribution is -2.39. The van der Waals surface area contributed by atoms with Crippen LogP contribution in [0.5, 0.6) is 0 Å². The minimum Gasteiger partial charge on any atom is -0.460 e. The van der Waals surface area contributed by atoms with E-state index in [1.165, 1.54) is 0 Å². The fourth-order valence-corrected chi connectivity index (χ4v) is 4.09.